The molecule has 1 heterocycles. The number of amides is 2. The summed E-state index contributed by atoms with van der Waals surface area (Å²) in [5, 5.41) is 14.9. The monoisotopic (exact) mass is 773 g/mol. The zero-order chi connectivity index (χ0) is 36.6. The number of hydrogen-bond donors (Lipinski definition) is 1. The van der Waals surface area contributed by atoms with Crippen LogP contribution in [0, 0.1) is 16.0 Å². The van der Waals surface area contributed by atoms with E-state index in [0.717, 1.165) is 10.4 Å². The summed E-state index contributed by atoms with van der Waals surface area (Å²) in [4.78, 5) is 50.4. The first-order valence-electron chi connectivity index (χ1n) is 15.9. The Morgan fingerprint density at radius 3 is 2.10 bits per heavy atom. The topological polar surface area (TPSA) is 128 Å². The van der Waals surface area contributed by atoms with E-state index in [-0.39, 0.29) is 29.1 Å². The summed E-state index contributed by atoms with van der Waals surface area (Å²) < 4.78 is 13.2. The van der Waals surface area contributed by atoms with Gasteiger partial charge in [0.2, 0.25) is 17.3 Å². The van der Waals surface area contributed by atoms with E-state index in [1.165, 1.54) is 59.6 Å². The van der Waals surface area contributed by atoms with E-state index in [2.05, 4.69) is 50.4 Å². The zero-order valence-electron chi connectivity index (χ0n) is 28.4. The summed E-state index contributed by atoms with van der Waals surface area (Å²) in [5.41, 5.74) is -1.02. The lowest BCUT2D eigenvalue weighted by Crippen LogP contribution is -2.72. The largest absolute Gasteiger partial charge is 0.458 e. The standard InChI is InChI=1S/C35H40ClN3O7S3Si/c1-23(46-50(35(3,4)5,27-12-8-6-9-13-27)28-14-10-7-11-15-28)29-31(41)38(32(29)49-34(47)48-21-20-37-24(2)40)30(36)33(42)45-22-25-16-18-26(19-17-25)39(43)44/h6-19,23,29-30,32H,20-22H2,1-5H3,(H,37,40). The first kappa shape index (κ1) is 39.5. The average Bonchev–Trinajstić information content (AvgIpc) is 3.08. The van der Waals surface area contributed by atoms with Crippen molar-refractivity contribution in [2.45, 2.75) is 63.2 Å². The highest BCUT2D eigenvalue weighted by Crippen LogP contribution is 2.45. The summed E-state index contributed by atoms with van der Waals surface area (Å²) in [7, 11) is -3.05. The van der Waals surface area contributed by atoms with Gasteiger partial charge in [-0.1, -0.05) is 117 Å². The molecule has 10 nitrogen and oxygen atoms in total. The number of likely N-dealkylation sites (tertiary alicyclic amines) is 1. The summed E-state index contributed by atoms with van der Waals surface area (Å²) in [6.07, 6.45) is -0.602. The first-order chi connectivity index (χ1) is 23.7. The van der Waals surface area contributed by atoms with Crippen molar-refractivity contribution in [1.82, 2.24) is 10.2 Å². The molecule has 50 heavy (non-hydrogen) atoms. The van der Waals surface area contributed by atoms with Crippen LogP contribution in [0.4, 0.5) is 5.69 Å². The molecule has 4 rings (SSSR count). The van der Waals surface area contributed by atoms with Crippen molar-refractivity contribution in [3.8, 4) is 0 Å². The van der Waals surface area contributed by atoms with Crippen LogP contribution in [0.2, 0.25) is 5.04 Å². The number of thiocarbonyl (C=S) groups is 1. The van der Waals surface area contributed by atoms with E-state index in [4.69, 9.17) is 33.0 Å². The molecule has 0 bridgehead atoms. The van der Waals surface area contributed by atoms with Crippen LogP contribution >= 0.6 is 47.3 Å². The smallest absolute Gasteiger partial charge is 0.345 e. The van der Waals surface area contributed by atoms with Gasteiger partial charge in [0.15, 0.2) is 0 Å². The van der Waals surface area contributed by atoms with Crippen LogP contribution in [0.25, 0.3) is 0 Å². The predicted molar refractivity (Wildman–Crippen MR) is 206 cm³/mol. The molecule has 0 saturated carbocycles. The van der Waals surface area contributed by atoms with E-state index in [9.17, 15) is 24.5 Å². The Bertz CT molecular complexity index is 1640. The van der Waals surface area contributed by atoms with Gasteiger partial charge in [-0.3, -0.25) is 19.7 Å². The average molecular weight is 774 g/mol. The number of ether oxygens (including phenoxy) is 1. The SMILES string of the molecule is CC(=O)NCCSC(=S)SC1C(C(C)O[Si](c2ccccc2)(c2ccccc2)C(C)(C)C)C(=O)N1C(Cl)C(=O)OCc1ccc([N+](=O)[O-])cc1. The number of β-lactam (4-membered cyclic amide) rings is 1. The first-order valence-corrected chi connectivity index (χ1v) is 20.5. The fourth-order valence-electron chi connectivity index (χ4n) is 5.90. The summed E-state index contributed by atoms with van der Waals surface area (Å²) in [6.45, 7) is 10.0. The Hall–Kier alpha value is -3.27. The van der Waals surface area contributed by atoms with Crippen LogP contribution in [-0.2, 0) is 30.2 Å². The van der Waals surface area contributed by atoms with Crippen LogP contribution in [-0.4, -0.2) is 68.7 Å². The van der Waals surface area contributed by atoms with E-state index < -0.39 is 42.1 Å². The van der Waals surface area contributed by atoms with Crippen LogP contribution in [0.3, 0.4) is 0 Å². The highest BCUT2D eigenvalue weighted by molar-refractivity contribution is 8.47. The maximum absolute atomic E-state index is 14.1. The number of esters is 1. The van der Waals surface area contributed by atoms with Gasteiger partial charge in [0.05, 0.1) is 22.3 Å². The lowest BCUT2D eigenvalue weighted by molar-refractivity contribution is -0.384. The molecule has 0 aromatic heterocycles. The zero-order valence-corrected chi connectivity index (χ0v) is 32.6. The Kier molecular flexibility index (Phi) is 13.7. The number of nitrogens with zero attached hydrogens (tertiary/aromatic N) is 2. The van der Waals surface area contributed by atoms with Crippen LogP contribution < -0.4 is 15.7 Å². The highest BCUT2D eigenvalue weighted by atomic mass is 35.5. The van der Waals surface area contributed by atoms with Crippen LogP contribution in [0.5, 0.6) is 0 Å². The minimum Gasteiger partial charge on any atom is -0.458 e. The van der Waals surface area contributed by atoms with Crippen LogP contribution in [0.1, 0.15) is 40.2 Å². The van der Waals surface area contributed by atoms with Gasteiger partial charge in [0.25, 0.3) is 14.0 Å². The lowest BCUT2D eigenvalue weighted by Gasteiger charge is -2.52. The van der Waals surface area contributed by atoms with E-state index in [0.29, 0.717) is 21.4 Å². The molecular weight excluding hydrogens is 734 g/mol. The second-order valence-electron chi connectivity index (χ2n) is 12.7. The molecule has 1 fully saturated rings. The van der Waals surface area contributed by atoms with E-state index >= 15 is 0 Å². The van der Waals surface area contributed by atoms with Gasteiger partial charge in [0, 0.05) is 31.4 Å². The van der Waals surface area contributed by atoms with Gasteiger partial charge in [-0.2, -0.15) is 0 Å². The fourth-order valence-corrected chi connectivity index (χ4v) is 13.7. The van der Waals surface area contributed by atoms with Gasteiger partial charge < -0.3 is 19.4 Å². The maximum atomic E-state index is 14.1. The summed E-state index contributed by atoms with van der Waals surface area (Å²) in [6, 6.07) is 25.8. The van der Waals surface area contributed by atoms with Crippen molar-refractivity contribution in [1.29, 1.82) is 0 Å². The van der Waals surface area contributed by atoms with Gasteiger partial charge >= 0.3 is 5.97 Å². The molecule has 3 aromatic rings. The molecule has 1 aliphatic heterocycles. The van der Waals surface area contributed by atoms with Gasteiger partial charge in [-0.25, -0.2) is 4.79 Å². The molecule has 4 atom stereocenters. The number of thioether (sulfide) groups is 2. The number of carbonyl (C=O) groups excluding carboxylic acids is 3. The third-order valence-electron chi connectivity index (χ3n) is 8.29. The maximum Gasteiger partial charge on any atom is 0.345 e. The minimum absolute atomic E-state index is 0.0901. The number of nitro benzene ring substituents is 1. The third kappa shape index (κ3) is 9.14. The van der Waals surface area contributed by atoms with Crippen molar-refractivity contribution < 1.29 is 28.5 Å². The van der Waals surface area contributed by atoms with Gasteiger partial charge in [0.1, 0.15) is 10.1 Å². The van der Waals surface area contributed by atoms with Crippen molar-refractivity contribution in [2.75, 3.05) is 12.3 Å². The summed E-state index contributed by atoms with van der Waals surface area (Å²) >= 11 is 15.0. The predicted octanol–water partition coefficient (Wildman–Crippen LogP) is 5.84. The molecule has 0 aliphatic carbocycles. The number of carbonyl (C=O) groups is 3. The number of nitrogens with one attached hydrogen (secondary N) is 1. The van der Waals surface area contributed by atoms with E-state index in [1.807, 2.05) is 43.3 Å². The number of rotatable bonds is 14. The Balaban J connectivity index is 1.61. The Morgan fingerprint density at radius 2 is 1.60 bits per heavy atom. The quantitative estimate of drug-likeness (QED) is 0.0246. The second-order valence-corrected chi connectivity index (χ2v) is 20.8. The normalized spacial score (nSPS) is 17.3. The van der Waals surface area contributed by atoms with Crippen LogP contribution in [0.15, 0.2) is 84.9 Å². The Morgan fingerprint density at radius 1 is 1.04 bits per heavy atom. The van der Waals surface area contributed by atoms with Crippen molar-refractivity contribution in [3.05, 3.63) is 101 Å². The minimum atomic E-state index is -3.05. The number of halogens is 1. The molecule has 0 radical (unpaired) electrons. The number of alkyl halides is 1. The molecule has 1 saturated heterocycles. The molecule has 266 valence electrons. The number of non-ortho nitro benzene ring substituents is 1. The molecular formula is C35H40ClN3O7S3Si. The van der Waals surface area contributed by atoms with Gasteiger partial charge in [-0.05, 0) is 40.0 Å². The van der Waals surface area contributed by atoms with E-state index in [1.54, 1.807) is 0 Å². The molecule has 4 unspecified atom stereocenters. The lowest BCUT2D eigenvalue weighted by atomic mass is 9.93. The molecule has 2 amide bonds. The second kappa shape index (κ2) is 17.3. The molecule has 3 aromatic carbocycles. The number of benzene rings is 3. The molecule has 1 aliphatic rings. The fraction of sp³-hybridized carbons (Fsp3) is 0.371. The van der Waals surface area contributed by atoms with Gasteiger partial charge in [-0.15, -0.1) is 11.8 Å². The Labute approximate surface area is 312 Å². The highest BCUT2D eigenvalue weighted by Gasteiger charge is 2.59. The third-order valence-corrected chi connectivity index (χ3v) is 16.7. The summed E-state index contributed by atoms with van der Waals surface area (Å²) in [5.74, 6) is -1.53. The van der Waals surface area contributed by atoms with Crippen molar-refractivity contribution in [3.63, 3.8) is 0 Å². The number of hydrogen-bond acceptors (Lipinski definition) is 10. The molecule has 15 heteroatoms. The van der Waals surface area contributed by atoms with Crippen molar-refractivity contribution >= 4 is 93.0 Å². The molecule has 0 spiro atoms. The molecule has 1 N–H and O–H groups in total. The number of nitro groups is 1. The van der Waals surface area contributed by atoms with Crippen molar-refractivity contribution in [2.24, 2.45) is 5.92 Å².